The molecular formula is C19H16NO2+. The normalized spacial score (nSPS) is 10.4. The lowest BCUT2D eigenvalue weighted by atomic mass is 10.0. The Morgan fingerprint density at radius 1 is 0.864 bits per heavy atom. The Morgan fingerprint density at radius 2 is 1.55 bits per heavy atom. The average Bonchev–Trinajstić information content (AvgIpc) is 2.56. The number of benzene rings is 2. The Kier molecular flexibility index (Phi) is 3.97. The summed E-state index contributed by atoms with van der Waals surface area (Å²) in [5.74, 6) is 0.157. The summed E-state index contributed by atoms with van der Waals surface area (Å²) in [5, 5.41) is 9.43. The number of pyridine rings is 1. The smallest absolute Gasteiger partial charge is 0.227 e. The molecule has 3 aromatic rings. The molecule has 0 atom stereocenters. The van der Waals surface area contributed by atoms with Crippen LogP contribution in [-0.4, -0.2) is 10.9 Å². The summed E-state index contributed by atoms with van der Waals surface area (Å²) in [6.07, 6.45) is 3.30. The molecular weight excluding hydrogens is 274 g/mol. The molecule has 3 heteroatoms. The molecule has 108 valence electrons. The van der Waals surface area contributed by atoms with Crippen LogP contribution in [0.4, 0.5) is 0 Å². The van der Waals surface area contributed by atoms with Crippen LogP contribution in [0.1, 0.15) is 10.4 Å². The minimum atomic E-state index is 0.00946. The van der Waals surface area contributed by atoms with Crippen molar-refractivity contribution in [3.8, 4) is 16.9 Å². The zero-order chi connectivity index (χ0) is 15.4. The first-order valence-electron chi connectivity index (χ1n) is 7.09. The Balaban J connectivity index is 1.76. The molecule has 3 rings (SSSR count). The zero-order valence-corrected chi connectivity index (χ0v) is 12.0. The third-order valence-corrected chi connectivity index (χ3v) is 3.48. The quantitative estimate of drug-likeness (QED) is 0.592. The summed E-state index contributed by atoms with van der Waals surface area (Å²) >= 11 is 0. The molecule has 0 aliphatic rings. The highest BCUT2D eigenvalue weighted by Gasteiger charge is 2.12. The summed E-state index contributed by atoms with van der Waals surface area (Å²) in [5.41, 5.74) is 2.88. The van der Waals surface area contributed by atoms with Crippen molar-refractivity contribution in [1.82, 2.24) is 0 Å². The van der Waals surface area contributed by atoms with E-state index in [4.69, 9.17) is 0 Å². The van der Waals surface area contributed by atoms with E-state index >= 15 is 0 Å². The van der Waals surface area contributed by atoms with Gasteiger partial charge in [0, 0.05) is 11.6 Å². The van der Waals surface area contributed by atoms with Crippen LogP contribution >= 0.6 is 0 Å². The summed E-state index contributed by atoms with van der Waals surface area (Å²) in [6, 6.07) is 20.9. The van der Waals surface area contributed by atoms with Crippen LogP contribution in [0.3, 0.4) is 0 Å². The summed E-state index contributed by atoms with van der Waals surface area (Å²) in [7, 11) is 0. The molecule has 1 heterocycles. The zero-order valence-electron chi connectivity index (χ0n) is 12.0. The van der Waals surface area contributed by atoms with Crippen LogP contribution in [0.2, 0.25) is 0 Å². The topological polar surface area (TPSA) is 41.2 Å². The van der Waals surface area contributed by atoms with Crippen LogP contribution < -0.4 is 4.57 Å². The lowest BCUT2D eigenvalue weighted by Gasteiger charge is -2.03. The molecule has 0 saturated carbocycles. The van der Waals surface area contributed by atoms with Crippen molar-refractivity contribution < 1.29 is 14.5 Å². The van der Waals surface area contributed by atoms with Crippen molar-refractivity contribution in [2.45, 2.75) is 6.54 Å². The molecule has 0 saturated heterocycles. The Morgan fingerprint density at radius 3 is 2.23 bits per heavy atom. The van der Waals surface area contributed by atoms with Gasteiger partial charge in [0.2, 0.25) is 18.5 Å². The second-order valence-electron chi connectivity index (χ2n) is 5.10. The number of ketones is 1. The number of hydrogen-bond acceptors (Lipinski definition) is 2. The number of aromatic hydroxyl groups is 1. The van der Waals surface area contributed by atoms with E-state index in [-0.39, 0.29) is 18.1 Å². The van der Waals surface area contributed by atoms with Gasteiger partial charge in [-0.15, -0.1) is 0 Å². The van der Waals surface area contributed by atoms with Gasteiger partial charge in [0.05, 0.1) is 0 Å². The summed E-state index contributed by atoms with van der Waals surface area (Å²) in [6.45, 7) is 0.207. The van der Waals surface area contributed by atoms with Crippen molar-refractivity contribution >= 4 is 5.78 Å². The molecule has 0 unspecified atom stereocenters. The van der Waals surface area contributed by atoms with E-state index < -0.39 is 0 Å². The van der Waals surface area contributed by atoms with Gasteiger partial charge in [0.1, 0.15) is 0 Å². The highest BCUT2D eigenvalue weighted by Crippen LogP contribution is 2.19. The highest BCUT2D eigenvalue weighted by molar-refractivity contribution is 5.95. The largest absolute Gasteiger partial charge is 0.503 e. The maximum absolute atomic E-state index is 12.3. The van der Waals surface area contributed by atoms with Gasteiger partial charge >= 0.3 is 0 Å². The third kappa shape index (κ3) is 3.20. The molecule has 0 spiro atoms. The second-order valence-corrected chi connectivity index (χ2v) is 5.10. The Labute approximate surface area is 129 Å². The fourth-order valence-corrected chi connectivity index (χ4v) is 2.34. The number of nitrogens with zero attached hydrogens (tertiary/aromatic N) is 1. The number of hydrogen-bond donors (Lipinski definition) is 1. The second kappa shape index (κ2) is 6.22. The van der Waals surface area contributed by atoms with E-state index in [1.165, 1.54) is 6.20 Å². The van der Waals surface area contributed by atoms with Gasteiger partial charge in [0.25, 0.3) is 0 Å². The average molecular weight is 290 g/mol. The van der Waals surface area contributed by atoms with Crippen molar-refractivity contribution in [1.29, 1.82) is 0 Å². The molecule has 2 aromatic carbocycles. The molecule has 1 N–H and O–H groups in total. The SMILES string of the molecule is O=C(C[n+]1cccc(O)c1)c1ccc(-c2ccccc2)cc1. The van der Waals surface area contributed by atoms with Gasteiger partial charge in [-0.25, -0.2) is 0 Å². The Hall–Kier alpha value is -2.94. The van der Waals surface area contributed by atoms with E-state index in [1.807, 2.05) is 54.6 Å². The van der Waals surface area contributed by atoms with E-state index in [0.717, 1.165) is 11.1 Å². The molecule has 3 nitrogen and oxygen atoms in total. The van der Waals surface area contributed by atoms with Crippen LogP contribution in [0.5, 0.6) is 5.75 Å². The van der Waals surface area contributed by atoms with Crippen molar-refractivity contribution in [2.75, 3.05) is 0 Å². The van der Waals surface area contributed by atoms with Crippen molar-refractivity contribution in [2.24, 2.45) is 0 Å². The minimum Gasteiger partial charge on any atom is -0.503 e. The lowest BCUT2D eigenvalue weighted by Crippen LogP contribution is -2.36. The van der Waals surface area contributed by atoms with Gasteiger partial charge in [-0.1, -0.05) is 54.6 Å². The van der Waals surface area contributed by atoms with Gasteiger partial charge in [-0.3, -0.25) is 4.79 Å². The van der Waals surface area contributed by atoms with Crippen molar-refractivity contribution in [3.63, 3.8) is 0 Å². The fraction of sp³-hybridized carbons (Fsp3) is 0.0526. The first-order chi connectivity index (χ1) is 10.7. The predicted molar refractivity (Wildman–Crippen MR) is 84.5 cm³/mol. The number of aromatic nitrogens is 1. The first kappa shape index (κ1) is 14.0. The molecule has 0 aliphatic heterocycles. The van der Waals surface area contributed by atoms with Gasteiger partial charge in [-0.2, -0.15) is 4.57 Å². The van der Waals surface area contributed by atoms with Crippen LogP contribution in [0.25, 0.3) is 11.1 Å². The standard InChI is InChI=1S/C19H15NO2/c21-18-7-4-12-20(13-18)14-19(22)17-10-8-16(9-11-17)15-5-2-1-3-6-15/h1-13H,14H2/p+1. The molecule has 0 bridgehead atoms. The Bertz CT molecular complexity index is 780. The monoisotopic (exact) mass is 290 g/mol. The fourth-order valence-electron chi connectivity index (χ4n) is 2.34. The number of carbonyl (C=O) groups excluding carboxylic acids is 1. The van der Waals surface area contributed by atoms with E-state index in [9.17, 15) is 9.90 Å². The van der Waals surface area contributed by atoms with Gasteiger partial charge < -0.3 is 5.11 Å². The predicted octanol–water partition coefficient (Wildman–Crippen LogP) is 3.23. The van der Waals surface area contributed by atoms with E-state index in [0.29, 0.717) is 5.56 Å². The molecule has 0 amide bonds. The van der Waals surface area contributed by atoms with E-state index in [1.54, 1.807) is 22.9 Å². The molecule has 22 heavy (non-hydrogen) atoms. The molecule has 1 aromatic heterocycles. The van der Waals surface area contributed by atoms with Gasteiger partial charge in [0.15, 0.2) is 11.9 Å². The van der Waals surface area contributed by atoms with Crippen LogP contribution in [-0.2, 0) is 6.54 Å². The highest BCUT2D eigenvalue weighted by atomic mass is 16.3. The number of rotatable bonds is 4. The molecule has 0 aliphatic carbocycles. The van der Waals surface area contributed by atoms with Crippen molar-refractivity contribution in [3.05, 3.63) is 84.7 Å². The maximum atomic E-state index is 12.3. The van der Waals surface area contributed by atoms with Gasteiger partial charge in [-0.05, 0) is 17.2 Å². The van der Waals surface area contributed by atoms with Crippen LogP contribution in [0.15, 0.2) is 79.1 Å². The number of Topliss-reactive ketones (excluding diaryl/α,β-unsaturated/α-hetero) is 1. The lowest BCUT2D eigenvalue weighted by molar-refractivity contribution is -0.683. The first-order valence-corrected chi connectivity index (χ1v) is 7.09. The number of carbonyl (C=O) groups is 1. The summed E-state index contributed by atoms with van der Waals surface area (Å²) < 4.78 is 1.67. The maximum Gasteiger partial charge on any atom is 0.227 e. The molecule has 0 radical (unpaired) electrons. The minimum absolute atomic E-state index is 0.00946. The summed E-state index contributed by atoms with van der Waals surface area (Å²) in [4.78, 5) is 12.3. The third-order valence-electron chi connectivity index (χ3n) is 3.48. The van der Waals surface area contributed by atoms with Crippen LogP contribution in [0, 0.1) is 0 Å². The molecule has 0 fully saturated rings. The van der Waals surface area contributed by atoms with E-state index in [2.05, 4.69) is 0 Å².